The van der Waals surface area contributed by atoms with Gasteiger partial charge in [-0.25, -0.2) is 8.42 Å². The van der Waals surface area contributed by atoms with Crippen LogP contribution in [-0.2, 0) is 10.0 Å². The molecule has 2 rings (SSSR count). The van der Waals surface area contributed by atoms with Crippen LogP contribution >= 0.6 is 34.7 Å². The number of rotatable bonds is 3. The zero-order valence-corrected chi connectivity index (χ0v) is 11.6. The molecule has 0 fully saturated rings. The van der Waals surface area contributed by atoms with Crippen LogP contribution in [0.1, 0.15) is 0 Å². The zero-order chi connectivity index (χ0) is 13.3. The first kappa shape index (κ1) is 13.3. The summed E-state index contributed by atoms with van der Waals surface area (Å²) >= 11 is 12.4. The van der Waals surface area contributed by atoms with E-state index in [-0.39, 0.29) is 25.8 Å². The summed E-state index contributed by atoms with van der Waals surface area (Å²) in [6, 6.07) is 2.59. The third-order valence-electron chi connectivity index (χ3n) is 1.90. The molecule has 0 aliphatic carbocycles. The molecule has 1 aromatic carbocycles. The van der Waals surface area contributed by atoms with Crippen molar-refractivity contribution in [1.82, 2.24) is 14.8 Å². The maximum atomic E-state index is 12.0. The van der Waals surface area contributed by atoms with Crippen LogP contribution in [0.25, 0.3) is 0 Å². The van der Waals surface area contributed by atoms with Crippen LogP contribution < -0.4 is 10.5 Å². The van der Waals surface area contributed by atoms with Gasteiger partial charge in [0, 0.05) is 11.5 Å². The minimum absolute atomic E-state index is 0.00315. The molecule has 0 aliphatic heterocycles. The molecule has 0 amide bonds. The standard InChI is InChI=1S/C7H5Cl2N5O2S2/c8-3-1-2-4(5(9)6(3)10)18(15,16)12-7-11-13-14-17-7/h1-2H,10H2,(H,11,12,14). The molecule has 0 saturated heterocycles. The van der Waals surface area contributed by atoms with Crippen LogP contribution in [-0.4, -0.2) is 23.2 Å². The lowest BCUT2D eigenvalue weighted by molar-refractivity contribution is 0.601. The van der Waals surface area contributed by atoms with Gasteiger partial charge in [-0.1, -0.05) is 32.8 Å². The highest BCUT2D eigenvalue weighted by Crippen LogP contribution is 2.33. The second kappa shape index (κ2) is 4.84. The quantitative estimate of drug-likeness (QED) is 0.829. The van der Waals surface area contributed by atoms with Gasteiger partial charge in [-0.3, -0.25) is 4.72 Å². The lowest BCUT2D eigenvalue weighted by Gasteiger charge is -2.09. The molecule has 3 N–H and O–H groups in total. The molecule has 0 bridgehead atoms. The summed E-state index contributed by atoms with van der Waals surface area (Å²) in [5.41, 5.74) is 5.56. The number of benzene rings is 1. The molecule has 0 unspecified atom stereocenters. The van der Waals surface area contributed by atoms with Crippen LogP contribution in [0.2, 0.25) is 10.0 Å². The average molecular weight is 326 g/mol. The van der Waals surface area contributed by atoms with Crippen molar-refractivity contribution in [1.29, 1.82) is 0 Å². The van der Waals surface area contributed by atoms with Gasteiger partial charge in [0.25, 0.3) is 10.0 Å². The average Bonchev–Trinajstić information content (AvgIpc) is 2.77. The molecule has 0 radical (unpaired) electrons. The van der Waals surface area contributed by atoms with E-state index in [1.807, 2.05) is 0 Å². The van der Waals surface area contributed by atoms with E-state index in [2.05, 4.69) is 19.5 Å². The number of hydrogen-bond donors (Lipinski definition) is 2. The fourth-order valence-corrected chi connectivity index (χ4v) is 3.45. The molecular formula is C7H5Cl2N5O2S2. The van der Waals surface area contributed by atoms with E-state index in [9.17, 15) is 8.42 Å². The minimum Gasteiger partial charge on any atom is -0.396 e. The largest absolute Gasteiger partial charge is 0.396 e. The van der Waals surface area contributed by atoms with Crippen LogP contribution in [0.15, 0.2) is 17.0 Å². The fourth-order valence-electron chi connectivity index (χ4n) is 1.10. The molecule has 0 aliphatic rings. The van der Waals surface area contributed by atoms with Gasteiger partial charge in [0.1, 0.15) is 4.90 Å². The summed E-state index contributed by atoms with van der Waals surface area (Å²) in [4.78, 5) is -0.193. The maximum absolute atomic E-state index is 12.0. The topological polar surface area (TPSA) is 111 Å². The Bertz CT molecular complexity index is 673. The second-order valence-electron chi connectivity index (χ2n) is 3.05. The first-order valence-corrected chi connectivity index (χ1v) is 7.34. The molecule has 0 saturated carbocycles. The van der Waals surface area contributed by atoms with Crippen molar-refractivity contribution in [3.63, 3.8) is 0 Å². The Hall–Kier alpha value is -1.16. The smallest absolute Gasteiger partial charge is 0.265 e. The van der Waals surface area contributed by atoms with Crippen molar-refractivity contribution in [2.24, 2.45) is 0 Å². The van der Waals surface area contributed by atoms with Crippen LogP contribution in [0, 0.1) is 0 Å². The number of nitrogens with two attached hydrogens (primary N) is 1. The molecule has 0 spiro atoms. The molecule has 7 nitrogen and oxygen atoms in total. The Labute approximate surface area is 116 Å². The molecule has 2 aromatic rings. The van der Waals surface area contributed by atoms with E-state index in [4.69, 9.17) is 28.9 Å². The second-order valence-corrected chi connectivity index (χ2v) is 6.21. The van der Waals surface area contributed by atoms with Crippen molar-refractivity contribution in [2.75, 3.05) is 10.5 Å². The summed E-state index contributed by atoms with van der Waals surface area (Å²) in [7, 11) is -3.91. The number of nitrogens with zero attached hydrogens (tertiary/aromatic N) is 3. The van der Waals surface area contributed by atoms with Crippen LogP contribution in [0.5, 0.6) is 0 Å². The van der Waals surface area contributed by atoms with E-state index in [0.29, 0.717) is 0 Å². The number of nitrogen functional groups attached to an aromatic ring is 1. The van der Waals surface area contributed by atoms with E-state index >= 15 is 0 Å². The molecule has 11 heteroatoms. The van der Waals surface area contributed by atoms with Crippen LogP contribution in [0.3, 0.4) is 0 Å². The summed E-state index contributed by atoms with van der Waals surface area (Å²) in [5, 5.41) is 6.79. The molecular weight excluding hydrogens is 321 g/mol. The highest BCUT2D eigenvalue weighted by molar-refractivity contribution is 7.93. The van der Waals surface area contributed by atoms with Crippen LogP contribution in [0.4, 0.5) is 10.8 Å². The highest BCUT2D eigenvalue weighted by atomic mass is 35.5. The van der Waals surface area contributed by atoms with E-state index < -0.39 is 10.0 Å². The summed E-state index contributed by atoms with van der Waals surface area (Å²) < 4.78 is 29.6. The van der Waals surface area contributed by atoms with Gasteiger partial charge in [0.15, 0.2) is 0 Å². The van der Waals surface area contributed by atoms with Crippen molar-refractivity contribution in [2.45, 2.75) is 4.90 Å². The fraction of sp³-hybridized carbons (Fsp3) is 0. The Balaban J connectivity index is 2.45. The Morgan fingerprint density at radius 3 is 2.67 bits per heavy atom. The Kier molecular flexibility index (Phi) is 3.57. The Morgan fingerprint density at radius 1 is 1.33 bits per heavy atom. The summed E-state index contributed by atoms with van der Waals surface area (Å²) in [6.45, 7) is 0. The predicted molar refractivity (Wildman–Crippen MR) is 69.4 cm³/mol. The maximum Gasteiger partial charge on any atom is 0.265 e. The number of nitrogens with one attached hydrogen (secondary N) is 1. The third kappa shape index (κ3) is 2.48. The molecule has 1 aromatic heterocycles. The number of sulfonamides is 1. The SMILES string of the molecule is Nc1c(Cl)ccc(S(=O)(=O)Nc2nnns2)c1Cl. The zero-order valence-electron chi connectivity index (χ0n) is 8.46. The summed E-state index contributed by atoms with van der Waals surface area (Å²) in [6.07, 6.45) is 0. The van der Waals surface area contributed by atoms with Gasteiger partial charge < -0.3 is 5.73 Å². The molecule has 96 valence electrons. The lowest BCUT2D eigenvalue weighted by Crippen LogP contribution is -2.14. The lowest BCUT2D eigenvalue weighted by atomic mass is 10.3. The Morgan fingerprint density at radius 2 is 2.06 bits per heavy atom. The van der Waals surface area contributed by atoms with Crippen molar-refractivity contribution in [3.8, 4) is 0 Å². The first-order chi connectivity index (χ1) is 8.42. The first-order valence-electron chi connectivity index (χ1n) is 4.33. The molecule has 1 heterocycles. The number of aromatic nitrogens is 3. The van der Waals surface area contributed by atoms with E-state index in [1.165, 1.54) is 12.1 Å². The number of halogens is 2. The van der Waals surface area contributed by atoms with Crippen molar-refractivity contribution < 1.29 is 8.42 Å². The summed E-state index contributed by atoms with van der Waals surface area (Å²) in [5.74, 6) is 0. The third-order valence-corrected chi connectivity index (χ3v) is 4.77. The number of anilines is 2. The normalized spacial score (nSPS) is 11.4. The highest BCUT2D eigenvalue weighted by Gasteiger charge is 2.22. The van der Waals surface area contributed by atoms with Crippen molar-refractivity contribution in [3.05, 3.63) is 22.2 Å². The number of hydrogen-bond acceptors (Lipinski definition) is 7. The van der Waals surface area contributed by atoms with Gasteiger partial charge >= 0.3 is 0 Å². The molecule has 0 atom stereocenters. The molecule has 18 heavy (non-hydrogen) atoms. The van der Waals surface area contributed by atoms with E-state index in [0.717, 1.165) is 11.5 Å². The van der Waals surface area contributed by atoms with E-state index in [1.54, 1.807) is 0 Å². The van der Waals surface area contributed by atoms with Gasteiger partial charge in [0.2, 0.25) is 5.13 Å². The van der Waals surface area contributed by atoms with Gasteiger partial charge in [-0.2, -0.15) is 0 Å². The minimum atomic E-state index is -3.91. The van der Waals surface area contributed by atoms with Gasteiger partial charge in [0.05, 0.1) is 15.7 Å². The van der Waals surface area contributed by atoms with Crippen molar-refractivity contribution >= 4 is 55.6 Å². The monoisotopic (exact) mass is 325 g/mol. The predicted octanol–water partition coefficient (Wildman–Crippen LogP) is 1.62. The van der Waals surface area contributed by atoms with Gasteiger partial charge in [-0.05, 0) is 17.3 Å². The van der Waals surface area contributed by atoms with Gasteiger partial charge in [-0.15, -0.1) is 0 Å².